The molecule has 1 aliphatic rings. The number of terminal acetylenes is 1. The lowest BCUT2D eigenvalue weighted by Gasteiger charge is -2.28. The van der Waals surface area contributed by atoms with Crippen molar-refractivity contribution < 1.29 is 30.7 Å². The molecule has 0 radical (unpaired) electrons. The summed E-state index contributed by atoms with van der Waals surface area (Å²) in [5.74, 6) is 2.12. The van der Waals surface area contributed by atoms with E-state index in [0.717, 1.165) is 18.4 Å². The molecule has 14 heteroatoms. The number of ether oxygens (including phenoxy) is 1. The molecule has 0 N–H and O–H groups in total. The fourth-order valence-corrected chi connectivity index (χ4v) is 5.89. The SMILES string of the molecule is C#Cc1cc([N+](=O)[O-])cc(S(=O)(=O)CCCN2CCOCC2)c1N(CCBr)CCOS(C)(=O)=O. The maximum atomic E-state index is 13.4. The number of sulfone groups is 1. The molecule has 0 amide bonds. The Hall–Kier alpha value is -1.76. The summed E-state index contributed by atoms with van der Waals surface area (Å²) in [5, 5.41) is 11.9. The Labute approximate surface area is 208 Å². The normalized spacial score (nSPS) is 15.1. The van der Waals surface area contributed by atoms with E-state index in [4.69, 9.17) is 15.3 Å². The lowest BCUT2D eigenvalue weighted by Crippen LogP contribution is -2.37. The van der Waals surface area contributed by atoms with Crippen molar-refractivity contribution in [2.24, 2.45) is 0 Å². The van der Waals surface area contributed by atoms with Crippen LogP contribution >= 0.6 is 15.9 Å². The van der Waals surface area contributed by atoms with E-state index >= 15 is 0 Å². The minimum atomic E-state index is -3.97. The summed E-state index contributed by atoms with van der Waals surface area (Å²) >= 11 is 3.30. The van der Waals surface area contributed by atoms with Crippen molar-refractivity contribution in [3.05, 3.63) is 27.8 Å². The fourth-order valence-electron chi connectivity index (χ4n) is 3.52. The summed E-state index contributed by atoms with van der Waals surface area (Å²) in [7, 11) is -7.68. The second-order valence-electron chi connectivity index (χ2n) is 7.57. The van der Waals surface area contributed by atoms with Gasteiger partial charge in [-0.05, 0) is 13.0 Å². The zero-order chi connectivity index (χ0) is 25.4. The largest absolute Gasteiger partial charge is 0.379 e. The third kappa shape index (κ3) is 8.47. The highest BCUT2D eigenvalue weighted by Crippen LogP contribution is 2.34. The van der Waals surface area contributed by atoms with Gasteiger partial charge in [-0.2, -0.15) is 8.42 Å². The Morgan fingerprint density at radius 1 is 1.26 bits per heavy atom. The Morgan fingerprint density at radius 2 is 1.94 bits per heavy atom. The molecule has 34 heavy (non-hydrogen) atoms. The molecule has 0 aromatic heterocycles. The van der Waals surface area contributed by atoms with Gasteiger partial charge in [-0.25, -0.2) is 8.42 Å². The van der Waals surface area contributed by atoms with Crippen LogP contribution in [0.4, 0.5) is 11.4 Å². The number of morpholine rings is 1. The number of nitrogens with zero attached hydrogens (tertiary/aromatic N) is 3. The molecule has 0 atom stereocenters. The van der Waals surface area contributed by atoms with Crippen LogP contribution in [-0.4, -0.2) is 96.5 Å². The zero-order valence-corrected chi connectivity index (χ0v) is 22.0. The monoisotopic (exact) mass is 581 g/mol. The highest BCUT2D eigenvalue weighted by molar-refractivity contribution is 9.09. The van der Waals surface area contributed by atoms with Crippen LogP contribution in [0.25, 0.3) is 0 Å². The standard InChI is InChI=1S/C20H28BrN3O8S2/c1-3-17-15-18(24(25)26)16-19(20(17)23(7-5-21)10-13-32-33(2,27)28)34(29,30)14-4-6-22-8-11-31-12-9-22/h1,15-16H,4-14H2,2H3. The molecule has 0 spiro atoms. The molecule has 1 saturated heterocycles. The third-order valence-corrected chi connectivity index (χ3v) is 7.84. The lowest BCUT2D eigenvalue weighted by atomic mass is 10.1. The maximum absolute atomic E-state index is 13.4. The molecule has 190 valence electrons. The topological polar surface area (TPSA) is 136 Å². The predicted molar refractivity (Wildman–Crippen MR) is 132 cm³/mol. The summed E-state index contributed by atoms with van der Waals surface area (Å²) < 4.78 is 59.6. The first-order chi connectivity index (χ1) is 16.0. The Balaban J connectivity index is 2.42. The molecule has 1 heterocycles. The van der Waals surface area contributed by atoms with E-state index in [0.29, 0.717) is 44.6 Å². The van der Waals surface area contributed by atoms with E-state index in [9.17, 15) is 26.9 Å². The highest BCUT2D eigenvalue weighted by atomic mass is 79.9. The van der Waals surface area contributed by atoms with Crippen LogP contribution in [0, 0.1) is 22.5 Å². The first kappa shape index (κ1) is 28.5. The van der Waals surface area contributed by atoms with Gasteiger partial charge in [0.1, 0.15) is 0 Å². The van der Waals surface area contributed by atoms with E-state index in [1.807, 2.05) is 0 Å². The van der Waals surface area contributed by atoms with E-state index in [1.165, 1.54) is 0 Å². The van der Waals surface area contributed by atoms with Gasteiger partial charge < -0.3 is 9.64 Å². The van der Waals surface area contributed by atoms with Gasteiger partial charge in [0, 0.05) is 43.6 Å². The number of anilines is 1. The van der Waals surface area contributed by atoms with Crippen molar-refractivity contribution in [3.8, 4) is 12.3 Å². The molecular formula is C20H28BrN3O8S2. The summed E-state index contributed by atoms with van der Waals surface area (Å²) in [6.07, 6.45) is 6.84. The van der Waals surface area contributed by atoms with Crippen LogP contribution < -0.4 is 4.90 Å². The predicted octanol–water partition coefficient (Wildman–Crippen LogP) is 1.25. The van der Waals surface area contributed by atoms with E-state index in [2.05, 4.69) is 26.8 Å². The first-order valence-corrected chi connectivity index (χ1v) is 15.0. The third-order valence-electron chi connectivity index (χ3n) is 5.08. The van der Waals surface area contributed by atoms with Crippen LogP contribution in [0.1, 0.15) is 12.0 Å². The van der Waals surface area contributed by atoms with Gasteiger partial charge in [0.15, 0.2) is 9.84 Å². The van der Waals surface area contributed by atoms with Crippen LogP contribution in [-0.2, 0) is 28.9 Å². The molecule has 1 fully saturated rings. The number of halogens is 1. The number of rotatable bonds is 13. The summed E-state index contributed by atoms with van der Waals surface area (Å²) in [5.41, 5.74) is -0.285. The van der Waals surface area contributed by atoms with Gasteiger partial charge in [0.2, 0.25) is 0 Å². The molecule has 0 unspecified atom stereocenters. The average Bonchev–Trinajstić information content (AvgIpc) is 2.77. The lowest BCUT2D eigenvalue weighted by molar-refractivity contribution is -0.385. The number of hydrogen-bond donors (Lipinski definition) is 0. The second-order valence-corrected chi connectivity index (χ2v) is 12.1. The van der Waals surface area contributed by atoms with Crippen LogP contribution in [0.2, 0.25) is 0 Å². The summed E-state index contributed by atoms with van der Waals surface area (Å²) in [4.78, 5) is 14.2. The minimum absolute atomic E-state index is 0.00145. The Bertz CT molecular complexity index is 1110. The smallest absolute Gasteiger partial charge is 0.272 e. The van der Waals surface area contributed by atoms with Crippen molar-refractivity contribution in [2.75, 3.05) is 74.8 Å². The fraction of sp³-hybridized carbons (Fsp3) is 0.600. The highest BCUT2D eigenvalue weighted by Gasteiger charge is 2.28. The van der Waals surface area contributed by atoms with Crippen LogP contribution in [0.5, 0.6) is 0 Å². The number of hydrogen-bond acceptors (Lipinski definition) is 10. The van der Waals surface area contributed by atoms with Crippen molar-refractivity contribution >= 4 is 47.3 Å². The van der Waals surface area contributed by atoms with Crippen molar-refractivity contribution in [2.45, 2.75) is 11.3 Å². The first-order valence-electron chi connectivity index (χ1n) is 10.5. The molecule has 2 rings (SSSR count). The second kappa shape index (κ2) is 12.8. The molecule has 11 nitrogen and oxygen atoms in total. The van der Waals surface area contributed by atoms with E-state index in [1.54, 1.807) is 4.90 Å². The zero-order valence-electron chi connectivity index (χ0n) is 18.8. The Morgan fingerprint density at radius 3 is 2.50 bits per heavy atom. The molecule has 0 bridgehead atoms. The maximum Gasteiger partial charge on any atom is 0.272 e. The molecule has 1 aliphatic heterocycles. The van der Waals surface area contributed by atoms with Gasteiger partial charge in [-0.15, -0.1) is 6.42 Å². The van der Waals surface area contributed by atoms with Crippen molar-refractivity contribution in [1.29, 1.82) is 0 Å². The average molecular weight is 582 g/mol. The molecular weight excluding hydrogens is 554 g/mol. The van der Waals surface area contributed by atoms with Crippen LogP contribution in [0.3, 0.4) is 0 Å². The molecule has 1 aromatic carbocycles. The van der Waals surface area contributed by atoms with E-state index in [-0.39, 0.29) is 41.6 Å². The van der Waals surface area contributed by atoms with Gasteiger partial charge in [-0.3, -0.25) is 19.2 Å². The quantitative estimate of drug-likeness (QED) is 0.110. The summed E-state index contributed by atoms with van der Waals surface area (Å²) in [6, 6.07) is 2.15. The number of non-ortho nitro benzene ring substituents is 1. The summed E-state index contributed by atoms with van der Waals surface area (Å²) in [6.45, 7) is 3.16. The minimum Gasteiger partial charge on any atom is -0.379 e. The van der Waals surface area contributed by atoms with Crippen molar-refractivity contribution in [1.82, 2.24) is 4.90 Å². The molecule has 0 saturated carbocycles. The van der Waals surface area contributed by atoms with Gasteiger partial charge in [0.05, 0.1) is 52.9 Å². The van der Waals surface area contributed by atoms with Crippen LogP contribution in [0.15, 0.2) is 17.0 Å². The number of nitro benzene ring substituents is 1. The van der Waals surface area contributed by atoms with Gasteiger partial charge in [-0.1, -0.05) is 21.9 Å². The molecule has 1 aromatic rings. The van der Waals surface area contributed by atoms with Crippen molar-refractivity contribution in [3.63, 3.8) is 0 Å². The number of nitro groups is 1. The van der Waals surface area contributed by atoms with Gasteiger partial charge in [0.25, 0.3) is 15.8 Å². The van der Waals surface area contributed by atoms with Gasteiger partial charge >= 0.3 is 0 Å². The Kier molecular flexibility index (Phi) is 10.7. The number of benzene rings is 1. The number of alkyl halides is 1. The van der Waals surface area contributed by atoms with E-state index < -0.39 is 30.6 Å². The molecule has 0 aliphatic carbocycles.